The average Bonchev–Trinajstić information content (AvgIpc) is 2.78. The van der Waals surface area contributed by atoms with Crippen molar-refractivity contribution in [3.05, 3.63) is 59.7 Å². The predicted octanol–water partition coefficient (Wildman–Crippen LogP) is 2.58. The first-order valence-electron chi connectivity index (χ1n) is 9.74. The summed E-state index contributed by atoms with van der Waals surface area (Å²) in [5, 5.41) is 2.90. The van der Waals surface area contributed by atoms with Crippen molar-refractivity contribution in [3.8, 4) is 0 Å². The van der Waals surface area contributed by atoms with Gasteiger partial charge in [-0.1, -0.05) is 30.3 Å². The van der Waals surface area contributed by atoms with E-state index in [9.17, 15) is 9.59 Å². The number of piperidine rings is 1. The van der Waals surface area contributed by atoms with Gasteiger partial charge in [0, 0.05) is 31.6 Å². The Balaban J connectivity index is 1.59. The minimum atomic E-state index is -0.477. The van der Waals surface area contributed by atoms with Crippen LogP contribution in [0.4, 0.5) is 16.2 Å². The molecule has 2 atom stereocenters. The third kappa shape index (κ3) is 5.21. The van der Waals surface area contributed by atoms with Crippen molar-refractivity contribution in [1.29, 1.82) is 0 Å². The maximum atomic E-state index is 12.2. The number of esters is 1. The van der Waals surface area contributed by atoms with Crippen molar-refractivity contribution in [2.45, 2.75) is 25.2 Å². The standard InChI is InChI=1S/C22H27N3O5/c1-28-20-13-25(16-8-9-18(23)17(12-16)21(26)29-2)11-10-19(20)24-22(27)30-14-15-6-4-3-5-7-15/h3-9,12,19-20H,10-11,13-14,23H2,1-2H3,(H,24,27)/t19-,20+/m1/s1. The van der Waals surface area contributed by atoms with Crippen LogP contribution in [0.25, 0.3) is 0 Å². The Bertz CT molecular complexity index is 874. The van der Waals surface area contributed by atoms with Gasteiger partial charge in [0.1, 0.15) is 6.61 Å². The molecule has 1 aliphatic rings. The average molecular weight is 413 g/mol. The SMILES string of the molecule is COC(=O)c1cc(N2CC[C@@H](NC(=O)OCc3ccccc3)[C@@H](OC)C2)ccc1N. The number of amides is 1. The van der Waals surface area contributed by atoms with Crippen LogP contribution < -0.4 is 16.0 Å². The molecule has 1 amide bonds. The molecule has 3 rings (SSSR count). The van der Waals surface area contributed by atoms with E-state index in [1.54, 1.807) is 19.2 Å². The van der Waals surface area contributed by atoms with Gasteiger partial charge in [0.05, 0.1) is 24.8 Å². The summed E-state index contributed by atoms with van der Waals surface area (Å²) in [6.07, 6.45) is -0.0429. The second kappa shape index (κ2) is 9.98. The maximum Gasteiger partial charge on any atom is 0.407 e. The summed E-state index contributed by atoms with van der Waals surface area (Å²) in [6, 6.07) is 14.6. The van der Waals surface area contributed by atoms with E-state index in [0.717, 1.165) is 11.3 Å². The van der Waals surface area contributed by atoms with Crippen LogP contribution in [0.2, 0.25) is 0 Å². The molecule has 0 unspecified atom stereocenters. The van der Waals surface area contributed by atoms with E-state index in [4.69, 9.17) is 19.9 Å². The molecule has 3 N–H and O–H groups in total. The van der Waals surface area contributed by atoms with Gasteiger partial charge in [0.15, 0.2) is 0 Å². The number of carbonyl (C=O) groups is 2. The monoisotopic (exact) mass is 413 g/mol. The van der Waals surface area contributed by atoms with Crippen molar-refractivity contribution >= 4 is 23.4 Å². The third-order valence-electron chi connectivity index (χ3n) is 5.19. The Kier molecular flexibility index (Phi) is 7.13. The van der Waals surface area contributed by atoms with Crippen LogP contribution in [0.15, 0.2) is 48.5 Å². The number of methoxy groups -OCH3 is 2. The number of hydrogen-bond acceptors (Lipinski definition) is 7. The zero-order valence-corrected chi connectivity index (χ0v) is 17.2. The summed E-state index contributed by atoms with van der Waals surface area (Å²) in [7, 11) is 2.93. The minimum Gasteiger partial charge on any atom is -0.465 e. The molecule has 1 fully saturated rings. The largest absolute Gasteiger partial charge is 0.465 e. The van der Waals surface area contributed by atoms with Crippen LogP contribution in [0.1, 0.15) is 22.3 Å². The lowest BCUT2D eigenvalue weighted by Crippen LogP contribution is -2.55. The Labute approximate surface area is 175 Å². The second-order valence-electron chi connectivity index (χ2n) is 7.08. The summed E-state index contributed by atoms with van der Waals surface area (Å²) < 4.78 is 15.7. The van der Waals surface area contributed by atoms with E-state index in [0.29, 0.717) is 30.8 Å². The van der Waals surface area contributed by atoms with Crippen LogP contribution in [0.3, 0.4) is 0 Å². The van der Waals surface area contributed by atoms with Crippen molar-refractivity contribution in [2.24, 2.45) is 0 Å². The second-order valence-corrected chi connectivity index (χ2v) is 7.08. The van der Waals surface area contributed by atoms with E-state index in [-0.39, 0.29) is 18.8 Å². The number of rotatable bonds is 6. The molecule has 2 aromatic carbocycles. The first-order valence-corrected chi connectivity index (χ1v) is 9.74. The normalized spacial score (nSPS) is 18.5. The highest BCUT2D eigenvalue weighted by Crippen LogP contribution is 2.26. The van der Waals surface area contributed by atoms with E-state index < -0.39 is 12.1 Å². The molecular weight excluding hydrogens is 386 g/mol. The number of nitrogen functional groups attached to an aromatic ring is 1. The summed E-state index contributed by atoms with van der Waals surface area (Å²) in [4.78, 5) is 26.2. The maximum absolute atomic E-state index is 12.2. The molecule has 0 aromatic heterocycles. The van der Waals surface area contributed by atoms with Crippen LogP contribution in [0.5, 0.6) is 0 Å². The molecule has 0 saturated carbocycles. The molecule has 8 nitrogen and oxygen atoms in total. The van der Waals surface area contributed by atoms with E-state index in [1.165, 1.54) is 7.11 Å². The Morgan fingerprint density at radius 1 is 1.17 bits per heavy atom. The van der Waals surface area contributed by atoms with E-state index in [2.05, 4.69) is 10.2 Å². The number of anilines is 2. The van der Waals surface area contributed by atoms with Crippen molar-refractivity contribution < 1.29 is 23.8 Å². The lowest BCUT2D eigenvalue weighted by molar-refractivity contribution is 0.0545. The summed E-state index contributed by atoms with van der Waals surface area (Å²) in [5.74, 6) is -0.477. The van der Waals surface area contributed by atoms with Crippen molar-refractivity contribution in [2.75, 3.05) is 37.9 Å². The molecular formula is C22H27N3O5. The highest BCUT2D eigenvalue weighted by Gasteiger charge is 2.31. The van der Waals surface area contributed by atoms with Crippen LogP contribution >= 0.6 is 0 Å². The number of hydrogen-bond donors (Lipinski definition) is 2. The lowest BCUT2D eigenvalue weighted by atomic mass is 10.0. The van der Waals surface area contributed by atoms with Gasteiger partial charge in [-0.05, 0) is 30.2 Å². The van der Waals surface area contributed by atoms with Gasteiger partial charge in [0.2, 0.25) is 0 Å². The molecule has 1 heterocycles. The van der Waals surface area contributed by atoms with Gasteiger partial charge >= 0.3 is 12.1 Å². The van der Waals surface area contributed by atoms with Crippen LogP contribution in [0, 0.1) is 0 Å². The van der Waals surface area contributed by atoms with Gasteiger partial charge < -0.3 is 30.2 Å². The van der Waals surface area contributed by atoms with Gasteiger partial charge in [0.25, 0.3) is 0 Å². The lowest BCUT2D eigenvalue weighted by Gasteiger charge is -2.39. The first-order chi connectivity index (χ1) is 14.5. The number of nitrogens with one attached hydrogen (secondary N) is 1. The highest BCUT2D eigenvalue weighted by molar-refractivity contribution is 5.96. The first kappa shape index (κ1) is 21.4. The molecule has 1 aliphatic heterocycles. The molecule has 0 spiro atoms. The van der Waals surface area contributed by atoms with E-state index >= 15 is 0 Å². The van der Waals surface area contributed by atoms with Gasteiger partial charge in [-0.2, -0.15) is 0 Å². The fraction of sp³-hybridized carbons (Fsp3) is 0.364. The van der Waals surface area contributed by atoms with Gasteiger partial charge in [-0.15, -0.1) is 0 Å². The number of carbonyl (C=O) groups excluding carboxylic acids is 2. The number of alkyl carbamates (subject to hydrolysis) is 1. The van der Waals surface area contributed by atoms with Crippen LogP contribution in [-0.4, -0.2) is 51.5 Å². The Morgan fingerprint density at radius 2 is 1.93 bits per heavy atom. The Hall–Kier alpha value is -3.26. The molecule has 8 heteroatoms. The Morgan fingerprint density at radius 3 is 2.63 bits per heavy atom. The fourth-order valence-electron chi connectivity index (χ4n) is 3.50. The van der Waals surface area contributed by atoms with Crippen molar-refractivity contribution in [3.63, 3.8) is 0 Å². The highest BCUT2D eigenvalue weighted by atomic mass is 16.5. The minimum absolute atomic E-state index is 0.177. The molecule has 0 radical (unpaired) electrons. The van der Waals surface area contributed by atoms with Gasteiger partial charge in [-0.25, -0.2) is 9.59 Å². The topological polar surface area (TPSA) is 103 Å². The quantitative estimate of drug-likeness (QED) is 0.554. The third-order valence-corrected chi connectivity index (χ3v) is 5.19. The predicted molar refractivity (Wildman–Crippen MR) is 113 cm³/mol. The molecule has 1 saturated heterocycles. The molecule has 2 aromatic rings. The van der Waals surface area contributed by atoms with E-state index in [1.807, 2.05) is 36.4 Å². The summed E-state index contributed by atoms with van der Waals surface area (Å²) in [6.45, 7) is 1.43. The smallest absolute Gasteiger partial charge is 0.407 e. The zero-order chi connectivity index (χ0) is 21.5. The molecule has 0 aliphatic carbocycles. The fourth-order valence-corrected chi connectivity index (χ4v) is 3.50. The van der Waals surface area contributed by atoms with Gasteiger partial charge in [-0.3, -0.25) is 0 Å². The molecule has 0 bridgehead atoms. The number of benzene rings is 2. The number of nitrogens with zero attached hydrogens (tertiary/aromatic N) is 1. The number of nitrogens with two attached hydrogens (primary N) is 1. The molecule has 30 heavy (non-hydrogen) atoms. The zero-order valence-electron chi connectivity index (χ0n) is 17.2. The molecule has 160 valence electrons. The summed E-state index contributed by atoms with van der Waals surface area (Å²) in [5.41, 5.74) is 8.36. The van der Waals surface area contributed by atoms with Crippen molar-refractivity contribution in [1.82, 2.24) is 5.32 Å². The van der Waals surface area contributed by atoms with Crippen LogP contribution in [-0.2, 0) is 20.8 Å². The summed E-state index contributed by atoms with van der Waals surface area (Å²) >= 11 is 0. The number of ether oxygens (including phenoxy) is 3.